The number of likely N-dealkylation sites (tertiary alicyclic amines) is 1. The second kappa shape index (κ2) is 7.47. The summed E-state index contributed by atoms with van der Waals surface area (Å²) in [6.07, 6.45) is 4.52. The number of carbonyl (C=O) groups excluding carboxylic acids is 3. The predicted octanol–water partition coefficient (Wildman–Crippen LogP) is 1.96. The van der Waals surface area contributed by atoms with E-state index < -0.39 is 11.9 Å². The van der Waals surface area contributed by atoms with E-state index in [-0.39, 0.29) is 30.9 Å². The molecule has 0 radical (unpaired) electrons. The van der Waals surface area contributed by atoms with E-state index in [9.17, 15) is 14.4 Å². The third kappa shape index (κ3) is 3.93. The monoisotopic (exact) mass is 330 g/mol. The Morgan fingerprint density at radius 1 is 1.17 bits per heavy atom. The van der Waals surface area contributed by atoms with Gasteiger partial charge in [0.2, 0.25) is 5.91 Å². The fourth-order valence-electron chi connectivity index (χ4n) is 3.43. The van der Waals surface area contributed by atoms with Gasteiger partial charge in [0, 0.05) is 24.7 Å². The molecule has 3 rings (SSSR count). The van der Waals surface area contributed by atoms with Crippen LogP contribution in [0.3, 0.4) is 0 Å². The SMILES string of the molecule is O=C(COC(=O)[C@H]1CC(=O)N(C2CCCC2)C1)Nc1ccccc1. The second-order valence-electron chi connectivity index (χ2n) is 6.41. The van der Waals surface area contributed by atoms with Crippen molar-refractivity contribution in [3.05, 3.63) is 30.3 Å². The standard InChI is InChI=1S/C18H22N2O4/c21-16(19-14-6-2-1-3-7-14)12-24-18(23)13-10-17(22)20(11-13)15-8-4-5-9-15/h1-3,6-7,13,15H,4-5,8-12H2,(H,19,21)/t13-/m0/s1. The van der Waals surface area contributed by atoms with Crippen molar-refractivity contribution in [2.45, 2.75) is 38.1 Å². The number of benzene rings is 1. The maximum atomic E-state index is 12.1. The molecule has 1 atom stereocenters. The highest BCUT2D eigenvalue weighted by Crippen LogP contribution is 2.29. The first-order chi connectivity index (χ1) is 11.6. The van der Waals surface area contributed by atoms with Gasteiger partial charge in [-0.15, -0.1) is 0 Å². The fraction of sp³-hybridized carbons (Fsp3) is 0.500. The topological polar surface area (TPSA) is 75.7 Å². The Balaban J connectivity index is 1.45. The number of anilines is 1. The number of amides is 2. The van der Waals surface area contributed by atoms with Crippen molar-refractivity contribution in [3.63, 3.8) is 0 Å². The Morgan fingerprint density at radius 2 is 1.88 bits per heavy atom. The first-order valence-corrected chi connectivity index (χ1v) is 8.44. The second-order valence-corrected chi connectivity index (χ2v) is 6.41. The molecule has 6 heteroatoms. The summed E-state index contributed by atoms with van der Waals surface area (Å²) in [5.74, 6) is -1.28. The molecular weight excluding hydrogens is 308 g/mol. The molecule has 1 aromatic rings. The third-order valence-electron chi connectivity index (χ3n) is 4.66. The molecule has 2 aliphatic rings. The molecule has 24 heavy (non-hydrogen) atoms. The van der Waals surface area contributed by atoms with Gasteiger partial charge in [-0.1, -0.05) is 31.0 Å². The zero-order valence-corrected chi connectivity index (χ0v) is 13.6. The number of para-hydroxylation sites is 1. The maximum Gasteiger partial charge on any atom is 0.311 e. The van der Waals surface area contributed by atoms with Crippen molar-refractivity contribution in [2.24, 2.45) is 5.92 Å². The number of rotatable bonds is 5. The van der Waals surface area contributed by atoms with Crippen molar-refractivity contribution in [1.82, 2.24) is 4.90 Å². The van der Waals surface area contributed by atoms with Gasteiger partial charge in [0.15, 0.2) is 6.61 Å². The number of ether oxygens (including phenoxy) is 1. The maximum absolute atomic E-state index is 12.1. The van der Waals surface area contributed by atoms with E-state index >= 15 is 0 Å². The van der Waals surface area contributed by atoms with Crippen LogP contribution in [0.25, 0.3) is 0 Å². The van der Waals surface area contributed by atoms with E-state index in [2.05, 4.69) is 5.32 Å². The molecule has 2 fully saturated rings. The highest BCUT2D eigenvalue weighted by molar-refractivity contribution is 5.93. The van der Waals surface area contributed by atoms with Gasteiger partial charge in [0.25, 0.3) is 5.91 Å². The molecule has 0 bridgehead atoms. The van der Waals surface area contributed by atoms with Crippen LogP contribution in [0.5, 0.6) is 0 Å². The smallest absolute Gasteiger partial charge is 0.311 e. The Hall–Kier alpha value is -2.37. The van der Waals surface area contributed by atoms with Crippen molar-refractivity contribution >= 4 is 23.5 Å². The number of esters is 1. The minimum atomic E-state index is -0.466. The van der Waals surface area contributed by atoms with Gasteiger partial charge < -0.3 is 15.0 Å². The lowest BCUT2D eigenvalue weighted by atomic mass is 10.1. The van der Waals surface area contributed by atoms with Gasteiger partial charge in [-0.25, -0.2) is 0 Å². The van der Waals surface area contributed by atoms with E-state index in [4.69, 9.17) is 4.74 Å². The molecule has 1 aliphatic heterocycles. The number of hydrogen-bond donors (Lipinski definition) is 1. The van der Waals surface area contributed by atoms with Crippen LogP contribution < -0.4 is 5.32 Å². The summed E-state index contributed by atoms with van der Waals surface area (Å²) in [7, 11) is 0. The molecule has 6 nitrogen and oxygen atoms in total. The van der Waals surface area contributed by atoms with Gasteiger partial charge in [-0.2, -0.15) is 0 Å². The minimum Gasteiger partial charge on any atom is -0.455 e. The van der Waals surface area contributed by atoms with Crippen LogP contribution in [0.1, 0.15) is 32.1 Å². The largest absolute Gasteiger partial charge is 0.455 e. The molecule has 1 N–H and O–H groups in total. The summed E-state index contributed by atoms with van der Waals surface area (Å²) >= 11 is 0. The quantitative estimate of drug-likeness (QED) is 0.838. The molecule has 0 spiro atoms. The van der Waals surface area contributed by atoms with E-state index in [1.54, 1.807) is 12.1 Å². The first-order valence-electron chi connectivity index (χ1n) is 8.44. The number of hydrogen-bond acceptors (Lipinski definition) is 4. The average molecular weight is 330 g/mol. The molecule has 2 amide bonds. The zero-order chi connectivity index (χ0) is 16.9. The highest BCUT2D eigenvalue weighted by Gasteiger charge is 2.39. The van der Waals surface area contributed by atoms with Crippen molar-refractivity contribution < 1.29 is 19.1 Å². The summed E-state index contributed by atoms with van der Waals surface area (Å²) in [6.45, 7) is 0.0878. The van der Waals surface area contributed by atoms with Gasteiger partial charge >= 0.3 is 5.97 Å². The molecule has 1 saturated carbocycles. The van der Waals surface area contributed by atoms with Crippen LogP contribution in [0.4, 0.5) is 5.69 Å². The Morgan fingerprint density at radius 3 is 2.58 bits per heavy atom. The van der Waals surface area contributed by atoms with Gasteiger partial charge in [0.05, 0.1) is 5.92 Å². The highest BCUT2D eigenvalue weighted by atomic mass is 16.5. The average Bonchev–Trinajstić information content (AvgIpc) is 3.23. The summed E-state index contributed by atoms with van der Waals surface area (Å²) in [5.41, 5.74) is 0.655. The number of carbonyl (C=O) groups is 3. The van der Waals surface area contributed by atoms with Gasteiger partial charge in [-0.3, -0.25) is 14.4 Å². The first kappa shape index (κ1) is 16.5. The Labute approximate surface area is 141 Å². The molecule has 0 unspecified atom stereocenters. The van der Waals surface area contributed by atoms with E-state index in [1.807, 2.05) is 23.1 Å². The van der Waals surface area contributed by atoms with Gasteiger partial charge in [-0.05, 0) is 25.0 Å². The minimum absolute atomic E-state index is 0.0255. The van der Waals surface area contributed by atoms with Crippen LogP contribution in [-0.2, 0) is 19.1 Å². The third-order valence-corrected chi connectivity index (χ3v) is 4.66. The fourth-order valence-corrected chi connectivity index (χ4v) is 3.43. The lowest BCUT2D eigenvalue weighted by molar-refractivity contribution is -0.151. The molecule has 1 saturated heterocycles. The number of nitrogens with one attached hydrogen (secondary N) is 1. The molecular formula is C18H22N2O4. The lowest BCUT2D eigenvalue weighted by Crippen LogP contribution is -2.35. The summed E-state index contributed by atoms with van der Waals surface area (Å²) in [6, 6.07) is 9.26. The molecule has 1 heterocycles. The number of nitrogens with zero attached hydrogens (tertiary/aromatic N) is 1. The normalized spacial score (nSPS) is 21.1. The Kier molecular flexibility index (Phi) is 5.13. The van der Waals surface area contributed by atoms with Gasteiger partial charge in [0.1, 0.15) is 0 Å². The van der Waals surface area contributed by atoms with E-state index in [0.717, 1.165) is 25.7 Å². The predicted molar refractivity (Wildman–Crippen MR) is 88.1 cm³/mol. The summed E-state index contributed by atoms with van der Waals surface area (Å²) in [5, 5.41) is 2.66. The van der Waals surface area contributed by atoms with E-state index in [1.165, 1.54) is 0 Å². The lowest BCUT2D eigenvalue weighted by Gasteiger charge is -2.23. The van der Waals surface area contributed by atoms with Crippen LogP contribution in [0.2, 0.25) is 0 Å². The van der Waals surface area contributed by atoms with Crippen molar-refractivity contribution in [3.8, 4) is 0 Å². The van der Waals surface area contributed by atoms with E-state index in [0.29, 0.717) is 12.2 Å². The molecule has 1 aliphatic carbocycles. The molecule has 0 aromatic heterocycles. The summed E-state index contributed by atoms with van der Waals surface area (Å²) < 4.78 is 5.09. The van der Waals surface area contributed by atoms with Crippen LogP contribution in [0.15, 0.2) is 30.3 Å². The van der Waals surface area contributed by atoms with Crippen LogP contribution in [0, 0.1) is 5.92 Å². The Bertz CT molecular complexity index is 611. The molecule has 1 aromatic carbocycles. The van der Waals surface area contributed by atoms with Crippen LogP contribution in [-0.4, -0.2) is 41.9 Å². The van der Waals surface area contributed by atoms with Crippen LogP contribution >= 0.6 is 0 Å². The summed E-state index contributed by atoms with van der Waals surface area (Å²) in [4.78, 5) is 37.8. The molecule has 128 valence electrons. The van der Waals surface area contributed by atoms with Crippen molar-refractivity contribution in [2.75, 3.05) is 18.5 Å². The zero-order valence-electron chi connectivity index (χ0n) is 13.6. The van der Waals surface area contributed by atoms with Crippen molar-refractivity contribution in [1.29, 1.82) is 0 Å².